The van der Waals surface area contributed by atoms with Gasteiger partial charge in [0.1, 0.15) is 0 Å². The van der Waals surface area contributed by atoms with Crippen molar-refractivity contribution in [1.82, 2.24) is 10.2 Å². The number of carbonyl (C=O) groups is 2. The van der Waals surface area contributed by atoms with Crippen molar-refractivity contribution in [2.75, 3.05) is 19.6 Å². The molecular weight excluding hydrogens is 256 g/mol. The van der Waals surface area contributed by atoms with Crippen molar-refractivity contribution in [2.45, 2.75) is 53.4 Å². The van der Waals surface area contributed by atoms with Crippen LogP contribution < -0.4 is 5.32 Å². The van der Waals surface area contributed by atoms with Gasteiger partial charge in [-0.25, -0.2) is 4.79 Å². The van der Waals surface area contributed by atoms with Crippen molar-refractivity contribution >= 4 is 12.0 Å². The Balaban J connectivity index is 2.41. The summed E-state index contributed by atoms with van der Waals surface area (Å²) in [6.45, 7) is 10.1. The van der Waals surface area contributed by atoms with Crippen LogP contribution in [0.25, 0.3) is 0 Å². The zero-order valence-corrected chi connectivity index (χ0v) is 13.2. The molecule has 5 heteroatoms. The van der Waals surface area contributed by atoms with E-state index in [0.29, 0.717) is 38.9 Å². The Bertz CT molecular complexity index is 353. The summed E-state index contributed by atoms with van der Waals surface area (Å²) in [7, 11) is 0. The van der Waals surface area contributed by atoms with E-state index in [1.165, 1.54) is 0 Å². The number of hydrogen-bond donors (Lipinski definition) is 2. The molecule has 116 valence electrons. The van der Waals surface area contributed by atoms with Gasteiger partial charge in [-0.05, 0) is 31.1 Å². The Morgan fingerprint density at radius 1 is 1.25 bits per heavy atom. The van der Waals surface area contributed by atoms with Crippen LogP contribution in [0.4, 0.5) is 4.79 Å². The summed E-state index contributed by atoms with van der Waals surface area (Å²) < 4.78 is 0. The Labute approximate surface area is 121 Å². The van der Waals surface area contributed by atoms with Crippen molar-refractivity contribution in [2.24, 2.45) is 10.8 Å². The third-order valence-corrected chi connectivity index (χ3v) is 4.29. The van der Waals surface area contributed by atoms with Gasteiger partial charge in [0, 0.05) is 19.6 Å². The predicted molar refractivity (Wildman–Crippen MR) is 78.6 cm³/mol. The molecule has 20 heavy (non-hydrogen) atoms. The number of aliphatic carboxylic acids is 1. The van der Waals surface area contributed by atoms with Crippen LogP contribution >= 0.6 is 0 Å². The number of hydrogen-bond acceptors (Lipinski definition) is 2. The standard InChI is InChI=1S/C15H28N2O3/c1-5-15(12(18)19)7-10-17(11-8-15)13(20)16-9-6-14(2,3)4/h5-11H2,1-4H3,(H,16,20)(H,18,19). The van der Waals surface area contributed by atoms with Crippen molar-refractivity contribution < 1.29 is 14.7 Å². The first-order valence-corrected chi connectivity index (χ1v) is 7.46. The van der Waals surface area contributed by atoms with Gasteiger partial charge in [-0.3, -0.25) is 4.79 Å². The van der Waals surface area contributed by atoms with Crippen LogP contribution in [-0.2, 0) is 4.79 Å². The van der Waals surface area contributed by atoms with E-state index in [0.717, 1.165) is 6.42 Å². The second-order valence-electron chi connectivity index (χ2n) is 6.97. The number of carboxylic acids is 1. The highest BCUT2D eigenvalue weighted by Crippen LogP contribution is 2.35. The van der Waals surface area contributed by atoms with Crippen LogP contribution in [0.1, 0.15) is 53.4 Å². The smallest absolute Gasteiger partial charge is 0.317 e. The molecule has 0 atom stereocenters. The molecule has 1 rings (SSSR count). The molecule has 0 unspecified atom stereocenters. The Kier molecular flexibility index (Phi) is 5.42. The molecule has 1 heterocycles. The molecule has 1 aliphatic heterocycles. The third-order valence-electron chi connectivity index (χ3n) is 4.29. The van der Waals surface area contributed by atoms with Crippen molar-refractivity contribution in [3.05, 3.63) is 0 Å². The van der Waals surface area contributed by atoms with E-state index >= 15 is 0 Å². The number of amides is 2. The van der Waals surface area contributed by atoms with Crippen molar-refractivity contribution in [1.29, 1.82) is 0 Å². The summed E-state index contributed by atoms with van der Waals surface area (Å²) in [6.07, 6.45) is 2.65. The Morgan fingerprint density at radius 2 is 1.80 bits per heavy atom. The highest BCUT2D eigenvalue weighted by molar-refractivity contribution is 5.77. The summed E-state index contributed by atoms with van der Waals surface area (Å²) in [5.41, 5.74) is -0.433. The first kappa shape index (κ1) is 16.8. The van der Waals surface area contributed by atoms with Gasteiger partial charge in [0.25, 0.3) is 0 Å². The Hall–Kier alpha value is -1.26. The molecule has 1 saturated heterocycles. The molecule has 2 amide bonds. The molecule has 0 aromatic heterocycles. The first-order valence-electron chi connectivity index (χ1n) is 7.46. The fraction of sp³-hybridized carbons (Fsp3) is 0.867. The second-order valence-corrected chi connectivity index (χ2v) is 6.97. The fourth-order valence-corrected chi connectivity index (χ4v) is 2.51. The minimum atomic E-state index is -0.729. The summed E-state index contributed by atoms with van der Waals surface area (Å²) in [5, 5.41) is 12.2. The lowest BCUT2D eigenvalue weighted by Crippen LogP contribution is -2.49. The number of urea groups is 1. The quantitative estimate of drug-likeness (QED) is 0.834. The van der Waals surface area contributed by atoms with Gasteiger partial charge >= 0.3 is 12.0 Å². The van der Waals surface area contributed by atoms with Crippen molar-refractivity contribution in [3.63, 3.8) is 0 Å². The molecule has 0 saturated carbocycles. The zero-order valence-electron chi connectivity index (χ0n) is 13.2. The molecule has 1 fully saturated rings. The second kappa shape index (κ2) is 6.46. The van der Waals surface area contributed by atoms with E-state index in [4.69, 9.17) is 0 Å². The molecule has 0 aromatic carbocycles. The molecule has 1 aliphatic rings. The normalized spacial score (nSPS) is 18.7. The molecule has 0 spiro atoms. The summed E-state index contributed by atoms with van der Waals surface area (Å²) >= 11 is 0. The van der Waals surface area contributed by atoms with Gasteiger partial charge in [0.2, 0.25) is 0 Å². The van der Waals surface area contributed by atoms with E-state index in [2.05, 4.69) is 26.1 Å². The van der Waals surface area contributed by atoms with Gasteiger partial charge in [-0.2, -0.15) is 0 Å². The maximum Gasteiger partial charge on any atom is 0.317 e. The van der Waals surface area contributed by atoms with Crippen LogP contribution in [0.3, 0.4) is 0 Å². The predicted octanol–water partition coefficient (Wildman–Crippen LogP) is 2.71. The highest BCUT2D eigenvalue weighted by atomic mass is 16.4. The topological polar surface area (TPSA) is 69.6 Å². The molecule has 5 nitrogen and oxygen atoms in total. The minimum absolute atomic E-state index is 0.0654. The lowest BCUT2D eigenvalue weighted by Gasteiger charge is -2.38. The maximum absolute atomic E-state index is 12.0. The van der Waals surface area contributed by atoms with Crippen LogP contribution in [-0.4, -0.2) is 41.6 Å². The van der Waals surface area contributed by atoms with E-state index in [1.54, 1.807) is 4.90 Å². The largest absolute Gasteiger partial charge is 0.481 e. The average Bonchev–Trinajstić information content (AvgIpc) is 2.37. The van der Waals surface area contributed by atoms with E-state index in [1.807, 2.05) is 6.92 Å². The van der Waals surface area contributed by atoms with Crippen LogP contribution in [0, 0.1) is 10.8 Å². The number of nitrogens with zero attached hydrogens (tertiary/aromatic N) is 1. The summed E-state index contributed by atoms with van der Waals surface area (Å²) in [5.74, 6) is -0.729. The first-order chi connectivity index (χ1) is 9.20. The Morgan fingerprint density at radius 3 is 2.20 bits per heavy atom. The highest BCUT2D eigenvalue weighted by Gasteiger charge is 2.40. The average molecular weight is 284 g/mol. The van der Waals surface area contributed by atoms with E-state index in [9.17, 15) is 14.7 Å². The van der Waals surface area contributed by atoms with Gasteiger partial charge < -0.3 is 15.3 Å². The third kappa shape index (κ3) is 4.39. The number of carbonyl (C=O) groups excluding carboxylic acids is 1. The van der Waals surface area contributed by atoms with Gasteiger partial charge in [-0.15, -0.1) is 0 Å². The molecule has 2 N–H and O–H groups in total. The van der Waals surface area contributed by atoms with Crippen LogP contribution in [0.2, 0.25) is 0 Å². The van der Waals surface area contributed by atoms with Gasteiger partial charge in [0.05, 0.1) is 5.41 Å². The summed E-state index contributed by atoms with van der Waals surface area (Å²) in [4.78, 5) is 25.1. The lowest BCUT2D eigenvalue weighted by atomic mass is 9.76. The van der Waals surface area contributed by atoms with E-state index in [-0.39, 0.29) is 11.4 Å². The van der Waals surface area contributed by atoms with E-state index < -0.39 is 11.4 Å². The molecule has 0 aromatic rings. The number of likely N-dealkylation sites (tertiary alicyclic amines) is 1. The fourth-order valence-electron chi connectivity index (χ4n) is 2.51. The number of piperidine rings is 1. The van der Waals surface area contributed by atoms with Crippen LogP contribution in [0.5, 0.6) is 0 Å². The molecule has 0 radical (unpaired) electrons. The molecule has 0 bridgehead atoms. The van der Waals surface area contributed by atoms with Crippen LogP contribution in [0.15, 0.2) is 0 Å². The summed E-state index contributed by atoms with van der Waals surface area (Å²) in [6, 6.07) is -0.0654. The van der Waals surface area contributed by atoms with Crippen molar-refractivity contribution in [3.8, 4) is 0 Å². The van der Waals surface area contributed by atoms with Gasteiger partial charge in [-0.1, -0.05) is 27.7 Å². The lowest BCUT2D eigenvalue weighted by molar-refractivity contribution is -0.151. The zero-order chi connectivity index (χ0) is 15.4. The molecule has 0 aliphatic carbocycles. The molecular formula is C15H28N2O3. The maximum atomic E-state index is 12.0. The SMILES string of the molecule is CCC1(C(=O)O)CCN(C(=O)NCCC(C)(C)C)CC1. The minimum Gasteiger partial charge on any atom is -0.481 e. The number of rotatable bonds is 4. The number of carboxylic acid groups (broad SMARTS) is 1. The number of nitrogens with one attached hydrogen (secondary N) is 1. The monoisotopic (exact) mass is 284 g/mol. The van der Waals surface area contributed by atoms with Gasteiger partial charge in [0.15, 0.2) is 0 Å².